The third-order valence-electron chi connectivity index (χ3n) is 4.69. The Labute approximate surface area is 148 Å². The number of nitrogens with one attached hydrogen (secondary N) is 1. The molecule has 1 N–H and O–H groups in total. The Balaban J connectivity index is 1.32. The summed E-state index contributed by atoms with van der Waals surface area (Å²) in [7, 11) is 0. The molecule has 1 aromatic carbocycles. The van der Waals surface area contributed by atoms with Gasteiger partial charge in [0.2, 0.25) is 5.91 Å². The number of benzene rings is 1. The van der Waals surface area contributed by atoms with Crippen LogP contribution in [0, 0.1) is 0 Å². The van der Waals surface area contributed by atoms with Crippen LogP contribution in [0.5, 0.6) is 0 Å². The van der Waals surface area contributed by atoms with Gasteiger partial charge in [-0.05, 0) is 42.7 Å². The van der Waals surface area contributed by atoms with Gasteiger partial charge in [-0.15, -0.1) is 11.3 Å². The second-order valence-corrected chi connectivity index (χ2v) is 7.53. The predicted octanol–water partition coefficient (Wildman–Crippen LogP) is 3.50. The van der Waals surface area contributed by atoms with Gasteiger partial charge in [-0.1, -0.05) is 36.4 Å². The van der Waals surface area contributed by atoms with Crippen LogP contribution in [0.25, 0.3) is 0 Å². The number of aryl methyl sites for hydroxylation is 1. The summed E-state index contributed by atoms with van der Waals surface area (Å²) in [4.78, 5) is 16.1. The topological polar surface area (TPSA) is 32.3 Å². The Kier molecular flexibility index (Phi) is 6.44. The Morgan fingerprint density at radius 2 is 1.88 bits per heavy atom. The highest BCUT2D eigenvalue weighted by Crippen LogP contribution is 2.14. The second-order valence-electron chi connectivity index (χ2n) is 6.50. The summed E-state index contributed by atoms with van der Waals surface area (Å²) < 4.78 is 0. The fourth-order valence-electron chi connectivity index (χ4n) is 3.23. The average molecular weight is 343 g/mol. The Morgan fingerprint density at radius 3 is 2.58 bits per heavy atom. The van der Waals surface area contributed by atoms with Crippen LogP contribution in [0.3, 0.4) is 0 Å². The number of thiophene rings is 1. The molecule has 0 unspecified atom stereocenters. The van der Waals surface area contributed by atoms with Crippen molar-refractivity contribution in [2.45, 2.75) is 38.1 Å². The van der Waals surface area contributed by atoms with Gasteiger partial charge in [-0.25, -0.2) is 0 Å². The van der Waals surface area contributed by atoms with Gasteiger partial charge < -0.3 is 10.2 Å². The van der Waals surface area contributed by atoms with E-state index in [2.05, 4.69) is 39.9 Å². The van der Waals surface area contributed by atoms with Crippen molar-refractivity contribution in [2.24, 2.45) is 0 Å². The molecule has 0 bridgehead atoms. The van der Waals surface area contributed by atoms with Crippen molar-refractivity contribution < 1.29 is 4.79 Å². The first kappa shape index (κ1) is 17.2. The molecule has 1 saturated heterocycles. The van der Waals surface area contributed by atoms with Crippen molar-refractivity contribution in [3.8, 4) is 0 Å². The molecule has 2 aromatic rings. The first-order valence-corrected chi connectivity index (χ1v) is 9.75. The maximum atomic E-state index is 12.1. The van der Waals surface area contributed by atoms with Gasteiger partial charge in [-0.3, -0.25) is 4.79 Å². The number of amides is 1. The summed E-state index contributed by atoms with van der Waals surface area (Å²) in [5.74, 6) is 0.191. The second kappa shape index (κ2) is 9.00. The standard InChI is InChI=1S/C20H26N2OS/c23-20(9-8-17-5-2-1-3-6-17)21-18-10-13-22(14-11-18)15-12-19-7-4-16-24-19/h1-7,16,18H,8-15H2,(H,21,23). The van der Waals surface area contributed by atoms with Crippen molar-refractivity contribution >= 4 is 17.2 Å². The molecule has 0 saturated carbocycles. The van der Waals surface area contributed by atoms with E-state index in [0.29, 0.717) is 12.5 Å². The molecule has 0 spiro atoms. The number of nitrogens with zero attached hydrogens (tertiary/aromatic N) is 1. The lowest BCUT2D eigenvalue weighted by Crippen LogP contribution is -2.45. The maximum absolute atomic E-state index is 12.1. The van der Waals surface area contributed by atoms with Gasteiger partial charge in [0.25, 0.3) is 0 Å². The number of carbonyl (C=O) groups excluding carboxylic acids is 1. The van der Waals surface area contributed by atoms with Gasteiger partial charge in [0.1, 0.15) is 0 Å². The number of carbonyl (C=O) groups is 1. The molecule has 1 amide bonds. The number of rotatable bonds is 7. The van der Waals surface area contributed by atoms with E-state index in [0.717, 1.165) is 45.3 Å². The van der Waals surface area contributed by atoms with Gasteiger partial charge in [0.05, 0.1) is 0 Å². The number of hydrogen-bond donors (Lipinski definition) is 1. The van der Waals surface area contributed by atoms with Gasteiger partial charge >= 0.3 is 0 Å². The van der Waals surface area contributed by atoms with Gasteiger partial charge in [0.15, 0.2) is 0 Å². The van der Waals surface area contributed by atoms with E-state index in [1.54, 1.807) is 0 Å². The summed E-state index contributed by atoms with van der Waals surface area (Å²) in [6.07, 6.45) is 4.70. The minimum absolute atomic E-state index is 0.191. The van der Waals surface area contributed by atoms with Gasteiger partial charge in [-0.2, -0.15) is 0 Å². The Bertz CT molecular complexity index is 604. The summed E-state index contributed by atoms with van der Waals surface area (Å²) in [5, 5.41) is 5.36. The lowest BCUT2D eigenvalue weighted by Gasteiger charge is -2.32. The Hall–Kier alpha value is -1.65. The van der Waals surface area contributed by atoms with Crippen molar-refractivity contribution in [2.75, 3.05) is 19.6 Å². The molecule has 3 nitrogen and oxygen atoms in total. The molecule has 4 heteroatoms. The number of hydrogen-bond acceptors (Lipinski definition) is 3. The minimum atomic E-state index is 0.191. The molecule has 1 fully saturated rings. The first-order chi connectivity index (χ1) is 11.8. The molecule has 3 rings (SSSR count). The normalized spacial score (nSPS) is 16.2. The Morgan fingerprint density at radius 1 is 1.08 bits per heavy atom. The van der Waals surface area contributed by atoms with Crippen LogP contribution in [-0.4, -0.2) is 36.5 Å². The third-order valence-corrected chi connectivity index (χ3v) is 5.63. The van der Waals surface area contributed by atoms with Crippen molar-refractivity contribution in [1.82, 2.24) is 10.2 Å². The zero-order valence-electron chi connectivity index (χ0n) is 14.1. The average Bonchev–Trinajstić information content (AvgIpc) is 3.14. The monoisotopic (exact) mass is 342 g/mol. The maximum Gasteiger partial charge on any atom is 0.220 e. The molecule has 128 valence electrons. The fraction of sp³-hybridized carbons (Fsp3) is 0.450. The molecule has 1 aliphatic heterocycles. The summed E-state index contributed by atoms with van der Waals surface area (Å²) >= 11 is 1.84. The van der Waals surface area contributed by atoms with E-state index in [-0.39, 0.29) is 5.91 Å². The van der Waals surface area contributed by atoms with Gasteiger partial charge in [0, 0.05) is 37.0 Å². The molecule has 1 aromatic heterocycles. The van der Waals surface area contributed by atoms with Crippen LogP contribution in [0.15, 0.2) is 47.8 Å². The number of likely N-dealkylation sites (tertiary alicyclic amines) is 1. The molecule has 0 radical (unpaired) electrons. The van der Waals surface area contributed by atoms with Crippen molar-refractivity contribution in [1.29, 1.82) is 0 Å². The molecular weight excluding hydrogens is 316 g/mol. The van der Waals surface area contributed by atoms with E-state index in [4.69, 9.17) is 0 Å². The predicted molar refractivity (Wildman–Crippen MR) is 100 cm³/mol. The SMILES string of the molecule is O=C(CCc1ccccc1)NC1CCN(CCc2cccs2)CC1. The smallest absolute Gasteiger partial charge is 0.220 e. The lowest BCUT2D eigenvalue weighted by atomic mass is 10.0. The van der Waals surface area contributed by atoms with Crippen LogP contribution in [0.4, 0.5) is 0 Å². The van der Waals surface area contributed by atoms with Crippen LogP contribution < -0.4 is 5.32 Å². The minimum Gasteiger partial charge on any atom is -0.353 e. The van der Waals surface area contributed by atoms with Crippen molar-refractivity contribution in [3.63, 3.8) is 0 Å². The van der Waals surface area contributed by atoms with Crippen LogP contribution in [0.2, 0.25) is 0 Å². The third kappa shape index (κ3) is 5.46. The molecule has 0 aliphatic carbocycles. The van der Waals surface area contributed by atoms with E-state index in [9.17, 15) is 4.79 Å². The van der Waals surface area contributed by atoms with E-state index < -0.39 is 0 Å². The molecule has 2 heterocycles. The fourth-order valence-corrected chi connectivity index (χ4v) is 3.92. The van der Waals surface area contributed by atoms with Crippen molar-refractivity contribution in [3.05, 3.63) is 58.3 Å². The first-order valence-electron chi connectivity index (χ1n) is 8.87. The molecule has 1 aliphatic rings. The quantitative estimate of drug-likeness (QED) is 0.835. The van der Waals surface area contributed by atoms with Crippen LogP contribution in [0.1, 0.15) is 29.7 Å². The lowest BCUT2D eigenvalue weighted by molar-refractivity contribution is -0.122. The van der Waals surface area contributed by atoms with Crippen LogP contribution in [-0.2, 0) is 17.6 Å². The largest absolute Gasteiger partial charge is 0.353 e. The zero-order chi connectivity index (χ0) is 16.6. The molecular formula is C20H26N2OS. The molecule has 24 heavy (non-hydrogen) atoms. The number of piperidine rings is 1. The highest BCUT2D eigenvalue weighted by Gasteiger charge is 2.20. The van der Waals surface area contributed by atoms with Crippen LogP contribution >= 0.6 is 11.3 Å². The molecule has 0 atom stereocenters. The van der Waals surface area contributed by atoms with E-state index in [1.807, 2.05) is 29.5 Å². The summed E-state index contributed by atoms with van der Waals surface area (Å²) in [6, 6.07) is 14.9. The van der Waals surface area contributed by atoms with E-state index >= 15 is 0 Å². The zero-order valence-corrected chi connectivity index (χ0v) is 14.9. The highest BCUT2D eigenvalue weighted by molar-refractivity contribution is 7.09. The summed E-state index contributed by atoms with van der Waals surface area (Å²) in [6.45, 7) is 3.32. The highest BCUT2D eigenvalue weighted by atomic mass is 32.1. The van der Waals surface area contributed by atoms with E-state index in [1.165, 1.54) is 10.4 Å². The summed E-state index contributed by atoms with van der Waals surface area (Å²) in [5.41, 5.74) is 1.23.